The Bertz CT molecular complexity index is 288. The molecule has 6 heteroatoms. The lowest BCUT2D eigenvalue weighted by atomic mass is 10.1. The highest BCUT2D eigenvalue weighted by Crippen LogP contribution is 2.11. The molecule has 2 amide bonds. The van der Waals surface area contributed by atoms with Gasteiger partial charge in [0.15, 0.2) is 0 Å². The van der Waals surface area contributed by atoms with Crippen LogP contribution < -0.4 is 10.6 Å². The quantitative estimate of drug-likeness (QED) is 0.685. The topological polar surface area (TPSA) is 87.7 Å². The van der Waals surface area contributed by atoms with Crippen LogP contribution in [0.5, 0.6) is 0 Å². The van der Waals surface area contributed by atoms with Crippen LogP contribution >= 0.6 is 0 Å². The maximum atomic E-state index is 11.6. The first kappa shape index (κ1) is 14.8. The minimum atomic E-state index is -1.02. The maximum absolute atomic E-state index is 11.6. The van der Waals surface area contributed by atoms with Crippen molar-refractivity contribution in [1.82, 2.24) is 10.6 Å². The monoisotopic (exact) mass is 258 g/mol. The zero-order valence-electron chi connectivity index (χ0n) is 10.9. The number of urea groups is 1. The Morgan fingerprint density at radius 2 is 2.11 bits per heavy atom. The zero-order valence-corrected chi connectivity index (χ0v) is 10.9. The summed E-state index contributed by atoms with van der Waals surface area (Å²) in [7, 11) is 0. The van der Waals surface area contributed by atoms with E-state index in [-0.39, 0.29) is 12.0 Å². The number of hydrogen-bond acceptors (Lipinski definition) is 3. The molecule has 1 saturated heterocycles. The van der Waals surface area contributed by atoms with Gasteiger partial charge in [-0.15, -0.1) is 0 Å². The van der Waals surface area contributed by atoms with Crippen molar-refractivity contribution in [2.45, 2.75) is 45.3 Å². The molecule has 18 heavy (non-hydrogen) atoms. The number of carbonyl (C=O) groups is 2. The summed E-state index contributed by atoms with van der Waals surface area (Å²) in [4.78, 5) is 22.5. The average Bonchev–Trinajstić information content (AvgIpc) is 2.34. The summed E-state index contributed by atoms with van der Waals surface area (Å²) in [5, 5.41) is 14.0. The van der Waals surface area contributed by atoms with Gasteiger partial charge in [0.25, 0.3) is 0 Å². The predicted molar refractivity (Wildman–Crippen MR) is 66.4 cm³/mol. The standard InChI is InChI=1S/C12H22N2O4/c1-8(2)10(11(15)16)14-12(17)13-7-9-5-3-4-6-18-9/h8-10H,3-7H2,1-2H3,(H,15,16)(H2,13,14,17)/t9?,10-/m0/s1. The molecule has 1 unspecified atom stereocenters. The molecular formula is C12H22N2O4. The van der Waals surface area contributed by atoms with Gasteiger partial charge in [0.05, 0.1) is 6.10 Å². The number of hydrogen-bond donors (Lipinski definition) is 3. The summed E-state index contributed by atoms with van der Waals surface area (Å²) in [5.41, 5.74) is 0. The van der Waals surface area contributed by atoms with E-state index in [1.165, 1.54) is 0 Å². The van der Waals surface area contributed by atoms with Crippen LogP contribution in [-0.4, -0.2) is 42.4 Å². The molecule has 6 nitrogen and oxygen atoms in total. The van der Waals surface area contributed by atoms with Crippen LogP contribution in [0.4, 0.5) is 4.79 Å². The van der Waals surface area contributed by atoms with Crippen LogP contribution in [0.2, 0.25) is 0 Å². The number of aliphatic carboxylic acids is 1. The van der Waals surface area contributed by atoms with E-state index in [9.17, 15) is 9.59 Å². The van der Waals surface area contributed by atoms with Gasteiger partial charge >= 0.3 is 12.0 Å². The summed E-state index contributed by atoms with van der Waals surface area (Å²) in [6.07, 6.45) is 3.16. The third kappa shape index (κ3) is 4.91. The van der Waals surface area contributed by atoms with Gasteiger partial charge in [0.2, 0.25) is 0 Å². The van der Waals surface area contributed by atoms with Gasteiger partial charge in [0.1, 0.15) is 6.04 Å². The highest BCUT2D eigenvalue weighted by Gasteiger charge is 2.23. The lowest BCUT2D eigenvalue weighted by Crippen LogP contribution is -2.50. The van der Waals surface area contributed by atoms with Crippen molar-refractivity contribution in [3.05, 3.63) is 0 Å². The van der Waals surface area contributed by atoms with E-state index in [0.29, 0.717) is 6.54 Å². The SMILES string of the molecule is CC(C)[C@H](NC(=O)NCC1CCCCO1)C(=O)O. The third-order valence-corrected chi connectivity index (χ3v) is 2.98. The van der Waals surface area contributed by atoms with Crippen molar-refractivity contribution in [3.8, 4) is 0 Å². The van der Waals surface area contributed by atoms with E-state index in [1.807, 2.05) is 0 Å². The third-order valence-electron chi connectivity index (χ3n) is 2.98. The van der Waals surface area contributed by atoms with Crippen LogP contribution in [0.25, 0.3) is 0 Å². The number of ether oxygens (including phenoxy) is 1. The van der Waals surface area contributed by atoms with Crippen LogP contribution in [0.15, 0.2) is 0 Å². The van der Waals surface area contributed by atoms with Gasteiger partial charge in [0, 0.05) is 13.2 Å². The number of carboxylic acids is 1. The molecule has 0 aromatic carbocycles. The molecular weight excluding hydrogens is 236 g/mol. The van der Waals surface area contributed by atoms with Crippen molar-refractivity contribution in [1.29, 1.82) is 0 Å². The first-order valence-corrected chi connectivity index (χ1v) is 6.39. The van der Waals surface area contributed by atoms with Gasteiger partial charge in [-0.05, 0) is 25.2 Å². The lowest BCUT2D eigenvalue weighted by molar-refractivity contribution is -0.140. The van der Waals surface area contributed by atoms with E-state index in [2.05, 4.69) is 10.6 Å². The molecule has 0 aromatic rings. The Balaban J connectivity index is 2.29. The maximum Gasteiger partial charge on any atom is 0.326 e. The highest BCUT2D eigenvalue weighted by atomic mass is 16.5. The molecule has 0 aliphatic carbocycles. The highest BCUT2D eigenvalue weighted by molar-refractivity contribution is 5.82. The van der Waals surface area contributed by atoms with E-state index >= 15 is 0 Å². The molecule has 1 fully saturated rings. The molecule has 3 N–H and O–H groups in total. The number of amides is 2. The van der Waals surface area contributed by atoms with E-state index < -0.39 is 18.0 Å². The van der Waals surface area contributed by atoms with Gasteiger partial charge < -0.3 is 20.5 Å². The van der Waals surface area contributed by atoms with Crippen molar-refractivity contribution >= 4 is 12.0 Å². The van der Waals surface area contributed by atoms with Gasteiger partial charge in [-0.3, -0.25) is 0 Å². The summed E-state index contributed by atoms with van der Waals surface area (Å²) >= 11 is 0. The minimum Gasteiger partial charge on any atom is -0.480 e. The Morgan fingerprint density at radius 1 is 1.39 bits per heavy atom. The van der Waals surface area contributed by atoms with Crippen LogP contribution in [-0.2, 0) is 9.53 Å². The minimum absolute atomic E-state index is 0.0480. The largest absolute Gasteiger partial charge is 0.480 e. The van der Waals surface area contributed by atoms with Crippen LogP contribution in [0.1, 0.15) is 33.1 Å². The molecule has 2 atom stereocenters. The van der Waals surface area contributed by atoms with Crippen LogP contribution in [0, 0.1) is 5.92 Å². The van der Waals surface area contributed by atoms with E-state index in [1.54, 1.807) is 13.8 Å². The summed E-state index contributed by atoms with van der Waals surface area (Å²) < 4.78 is 5.47. The van der Waals surface area contributed by atoms with Gasteiger partial charge in [-0.2, -0.15) is 0 Å². The molecule has 0 spiro atoms. The Labute approximate surface area is 107 Å². The molecule has 1 rings (SSSR count). The zero-order chi connectivity index (χ0) is 13.5. The Morgan fingerprint density at radius 3 is 2.61 bits per heavy atom. The molecule has 1 aliphatic rings. The smallest absolute Gasteiger partial charge is 0.326 e. The summed E-state index contributed by atoms with van der Waals surface area (Å²) in [5.74, 6) is -1.17. The van der Waals surface area contributed by atoms with E-state index in [0.717, 1.165) is 25.9 Å². The van der Waals surface area contributed by atoms with Crippen molar-refractivity contribution in [2.75, 3.05) is 13.2 Å². The fourth-order valence-electron chi connectivity index (χ4n) is 1.88. The number of carboxylic acid groups (broad SMARTS) is 1. The summed E-state index contributed by atoms with van der Waals surface area (Å²) in [6.45, 7) is 4.67. The van der Waals surface area contributed by atoms with Crippen LogP contribution in [0.3, 0.4) is 0 Å². The summed E-state index contributed by atoms with van der Waals surface area (Å²) in [6, 6.07) is -1.32. The molecule has 0 saturated carbocycles. The van der Waals surface area contributed by atoms with E-state index in [4.69, 9.17) is 9.84 Å². The Hall–Kier alpha value is -1.30. The Kier molecular flexibility index (Phi) is 5.91. The molecule has 1 heterocycles. The lowest BCUT2D eigenvalue weighted by Gasteiger charge is -2.24. The molecule has 0 radical (unpaired) electrons. The second-order valence-corrected chi connectivity index (χ2v) is 4.90. The first-order valence-electron chi connectivity index (χ1n) is 6.39. The molecule has 0 bridgehead atoms. The van der Waals surface area contributed by atoms with Crippen molar-refractivity contribution in [3.63, 3.8) is 0 Å². The molecule has 104 valence electrons. The predicted octanol–water partition coefficient (Wildman–Crippen LogP) is 0.964. The van der Waals surface area contributed by atoms with Crippen molar-refractivity contribution < 1.29 is 19.4 Å². The first-order chi connectivity index (χ1) is 8.50. The van der Waals surface area contributed by atoms with Crippen molar-refractivity contribution in [2.24, 2.45) is 5.92 Å². The molecule has 1 aliphatic heterocycles. The fourth-order valence-corrected chi connectivity index (χ4v) is 1.88. The normalized spacial score (nSPS) is 21.4. The fraction of sp³-hybridized carbons (Fsp3) is 0.833. The molecule has 0 aromatic heterocycles. The second-order valence-electron chi connectivity index (χ2n) is 4.90. The number of rotatable bonds is 5. The number of carbonyl (C=O) groups excluding carboxylic acids is 1. The van der Waals surface area contributed by atoms with Gasteiger partial charge in [-0.25, -0.2) is 9.59 Å². The van der Waals surface area contributed by atoms with Gasteiger partial charge in [-0.1, -0.05) is 13.8 Å². The average molecular weight is 258 g/mol. The number of nitrogens with one attached hydrogen (secondary N) is 2. The second kappa shape index (κ2) is 7.20.